The summed E-state index contributed by atoms with van der Waals surface area (Å²) in [6.45, 7) is 5.36. The number of halogens is 1. The number of hydrogen-bond acceptors (Lipinski definition) is 4. The number of amides is 1. The number of primary amides is 1. The van der Waals surface area contributed by atoms with E-state index in [2.05, 4.69) is 22.9 Å². The Kier molecular flexibility index (Phi) is 5.07. The zero-order valence-electron chi connectivity index (χ0n) is 15.7. The van der Waals surface area contributed by atoms with Crippen LogP contribution in [0.3, 0.4) is 0 Å². The molecule has 1 aliphatic heterocycles. The quantitative estimate of drug-likeness (QED) is 0.755. The number of pyridine rings is 1. The van der Waals surface area contributed by atoms with E-state index in [4.69, 9.17) is 10.5 Å². The van der Waals surface area contributed by atoms with Gasteiger partial charge in [-0.25, -0.2) is 9.37 Å². The summed E-state index contributed by atoms with van der Waals surface area (Å²) >= 11 is 0. The van der Waals surface area contributed by atoms with Crippen LogP contribution in [0.15, 0.2) is 48.5 Å². The van der Waals surface area contributed by atoms with E-state index in [-0.39, 0.29) is 17.6 Å². The molecule has 2 N–H and O–H groups in total. The molecule has 6 heteroatoms. The molecule has 2 aromatic carbocycles. The molecule has 1 aliphatic rings. The number of benzene rings is 2. The van der Waals surface area contributed by atoms with Crippen LogP contribution in [0.25, 0.3) is 22.0 Å². The van der Waals surface area contributed by atoms with E-state index in [0.717, 1.165) is 48.3 Å². The summed E-state index contributed by atoms with van der Waals surface area (Å²) in [5.41, 5.74) is 9.13. The van der Waals surface area contributed by atoms with Crippen molar-refractivity contribution >= 4 is 16.8 Å². The lowest BCUT2D eigenvalue weighted by Crippen LogP contribution is -2.40. The molecule has 0 radical (unpaired) electrons. The first kappa shape index (κ1) is 18.5. The Morgan fingerprint density at radius 1 is 1.25 bits per heavy atom. The molecule has 1 saturated heterocycles. The summed E-state index contributed by atoms with van der Waals surface area (Å²) < 4.78 is 18.9. The maximum atomic E-state index is 13.3. The van der Waals surface area contributed by atoms with E-state index in [1.165, 1.54) is 12.1 Å². The third kappa shape index (κ3) is 3.88. The van der Waals surface area contributed by atoms with Gasteiger partial charge in [-0.15, -0.1) is 0 Å². The van der Waals surface area contributed by atoms with Gasteiger partial charge >= 0.3 is 0 Å². The number of nitrogens with zero attached hydrogens (tertiary/aromatic N) is 2. The van der Waals surface area contributed by atoms with Crippen molar-refractivity contribution < 1.29 is 13.9 Å². The topological polar surface area (TPSA) is 68.5 Å². The van der Waals surface area contributed by atoms with Gasteiger partial charge in [0.15, 0.2) is 0 Å². The van der Waals surface area contributed by atoms with Gasteiger partial charge in [0, 0.05) is 25.0 Å². The molecule has 0 spiro atoms. The molecule has 5 nitrogen and oxygen atoms in total. The smallest absolute Gasteiger partial charge is 0.267 e. The standard InChI is InChI=1S/C22H22FN3O2/c1-14-12-26(8-9-28-14)13-15-2-7-18-19(16-3-5-17(23)6-4-16)11-21(22(24)27)25-20(18)10-15/h2-7,10-11,14H,8-9,12-13H2,1H3,(H2,24,27). The van der Waals surface area contributed by atoms with Gasteiger partial charge in [0.1, 0.15) is 11.5 Å². The fraction of sp³-hybridized carbons (Fsp3) is 0.273. The number of morpholine rings is 1. The number of rotatable bonds is 4. The van der Waals surface area contributed by atoms with Crippen LogP contribution < -0.4 is 5.73 Å². The SMILES string of the molecule is CC1CN(Cc2ccc3c(-c4ccc(F)cc4)cc(C(N)=O)nc3c2)CCO1. The molecule has 1 unspecified atom stereocenters. The van der Waals surface area contributed by atoms with Gasteiger partial charge < -0.3 is 10.5 Å². The van der Waals surface area contributed by atoms with Crippen molar-refractivity contribution in [3.63, 3.8) is 0 Å². The van der Waals surface area contributed by atoms with E-state index in [9.17, 15) is 9.18 Å². The predicted molar refractivity (Wildman–Crippen MR) is 106 cm³/mol. The molecule has 28 heavy (non-hydrogen) atoms. The van der Waals surface area contributed by atoms with Gasteiger partial charge in [0.2, 0.25) is 0 Å². The summed E-state index contributed by atoms with van der Waals surface area (Å²) in [7, 11) is 0. The summed E-state index contributed by atoms with van der Waals surface area (Å²) in [5.74, 6) is -0.892. The van der Waals surface area contributed by atoms with Crippen molar-refractivity contribution in [2.45, 2.75) is 19.6 Å². The second-order valence-electron chi connectivity index (χ2n) is 7.19. The number of fused-ring (bicyclic) bond motifs is 1. The Bertz CT molecular complexity index is 1020. The van der Waals surface area contributed by atoms with Crippen LogP contribution in [0.4, 0.5) is 4.39 Å². The zero-order valence-corrected chi connectivity index (χ0v) is 15.7. The van der Waals surface area contributed by atoms with Crippen molar-refractivity contribution in [1.82, 2.24) is 9.88 Å². The minimum absolute atomic E-state index is 0.198. The number of carbonyl (C=O) groups excluding carboxylic acids is 1. The molecule has 144 valence electrons. The molecule has 0 saturated carbocycles. The number of ether oxygens (including phenoxy) is 1. The van der Waals surface area contributed by atoms with Crippen molar-refractivity contribution in [3.8, 4) is 11.1 Å². The molecule has 2 heterocycles. The summed E-state index contributed by atoms with van der Waals surface area (Å²) in [4.78, 5) is 18.6. The average molecular weight is 379 g/mol. The van der Waals surface area contributed by atoms with Gasteiger partial charge in [-0.3, -0.25) is 9.69 Å². The molecule has 1 aromatic heterocycles. The Hall–Kier alpha value is -2.83. The second kappa shape index (κ2) is 7.66. The lowest BCUT2D eigenvalue weighted by atomic mass is 9.98. The van der Waals surface area contributed by atoms with Crippen molar-refractivity contribution in [1.29, 1.82) is 0 Å². The first-order chi connectivity index (χ1) is 13.5. The molecule has 3 aromatic rings. The number of nitrogens with two attached hydrogens (primary N) is 1. The lowest BCUT2D eigenvalue weighted by Gasteiger charge is -2.31. The zero-order chi connectivity index (χ0) is 19.7. The van der Waals surface area contributed by atoms with Crippen LogP contribution in [0.2, 0.25) is 0 Å². The van der Waals surface area contributed by atoms with Crippen LogP contribution in [0, 0.1) is 5.82 Å². The number of carbonyl (C=O) groups is 1. The molecule has 4 rings (SSSR count). The van der Waals surface area contributed by atoms with Crippen LogP contribution in [0.5, 0.6) is 0 Å². The third-order valence-corrected chi connectivity index (χ3v) is 5.01. The van der Waals surface area contributed by atoms with Crippen LogP contribution in [-0.2, 0) is 11.3 Å². The largest absolute Gasteiger partial charge is 0.376 e. The van der Waals surface area contributed by atoms with E-state index >= 15 is 0 Å². The minimum atomic E-state index is -0.585. The van der Waals surface area contributed by atoms with Crippen LogP contribution in [0.1, 0.15) is 23.0 Å². The monoisotopic (exact) mass is 379 g/mol. The first-order valence-corrected chi connectivity index (χ1v) is 9.33. The third-order valence-electron chi connectivity index (χ3n) is 5.01. The Morgan fingerprint density at radius 2 is 2.04 bits per heavy atom. The van der Waals surface area contributed by atoms with Crippen molar-refractivity contribution in [2.75, 3.05) is 19.7 Å². The molecular formula is C22H22FN3O2. The van der Waals surface area contributed by atoms with Crippen LogP contribution >= 0.6 is 0 Å². The average Bonchev–Trinajstić information content (AvgIpc) is 2.67. The van der Waals surface area contributed by atoms with Gasteiger partial charge in [0.05, 0.1) is 18.2 Å². The number of aromatic nitrogens is 1. The van der Waals surface area contributed by atoms with Gasteiger partial charge in [0.25, 0.3) is 5.91 Å². The second-order valence-corrected chi connectivity index (χ2v) is 7.19. The molecular weight excluding hydrogens is 357 g/mol. The Labute approximate surface area is 162 Å². The molecule has 0 aliphatic carbocycles. The number of hydrogen-bond donors (Lipinski definition) is 1. The van der Waals surface area contributed by atoms with E-state index in [0.29, 0.717) is 5.52 Å². The molecule has 0 bridgehead atoms. The maximum Gasteiger partial charge on any atom is 0.267 e. The predicted octanol–water partition coefficient (Wildman–Crippen LogP) is 3.36. The molecule has 1 amide bonds. The normalized spacial score (nSPS) is 17.7. The molecule has 1 fully saturated rings. The lowest BCUT2D eigenvalue weighted by molar-refractivity contribution is -0.0211. The fourth-order valence-electron chi connectivity index (χ4n) is 3.66. The van der Waals surface area contributed by atoms with Gasteiger partial charge in [-0.1, -0.05) is 24.3 Å². The van der Waals surface area contributed by atoms with Crippen LogP contribution in [-0.4, -0.2) is 41.6 Å². The highest BCUT2D eigenvalue weighted by molar-refractivity contribution is 6.00. The Morgan fingerprint density at radius 3 is 2.75 bits per heavy atom. The first-order valence-electron chi connectivity index (χ1n) is 9.33. The van der Waals surface area contributed by atoms with Crippen molar-refractivity contribution in [2.24, 2.45) is 5.73 Å². The summed E-state index contributed by atoms with van der Waals surface area (Å²) in [6.07, 6.45) is 0.221. The van der Waals surface area contributed by atoms with Gasteiger partial charge in [-0.05, 0) is 47.9 Å². The summed E-state index contributed by atoms with van der Waals surface area (Å²) in [5, 5.41) is 0.899. The highest BCUT2D eigenvalue weighted by atomic mass is 19.1. The van der Waals surface area contributed by atoms with E-state index < -0.39 is 5.91 Å². The van der Waals surface area contributed by atoms with Crippen molar-refractivity contribution in [3.05, 3.63) is 65.6 Å². The highest BCUT2D eigenvalue weighted by Crippen LogP contribution is 2.30. The van der Waals surface area contributed by atoms with Gasteiger partial charge in [-0.2, -0.15) is 0 Å². The fourth-order valence-corrected chi connectivity index (χ4v) is 3.66. The van der Waals surface area contributed by atoms with E-state index in [1.807, 2.05) is 12.1 Å². The minimum Gasteiger partial charge on any atom is -0.376 e. The molecule has 1 atom stereocenters. The summed E-state index contributed by atoms with van der Waals surface area (Å²) in [6, 6.07) is 13.9. The highest BCUT2D eigenvalue weighted by Gasteiger charge is 2.17. The van der Waals surface area contributed by atoms with E-state index in [1.54, 1.807) is 18.2 Å². The maximum absolute atomic E-state index is 13.3. The Balaban J connectivity index is 1.75.